The fourth-order valence-electron chi connectivity index (χ4n) is 1.54. The fourth-order valence-corrected chi connectivity index (χ4v) is 1.54. The minimum absolute atomic E-state index is 0.0672. The van der Waals surface area contributed by atoms with Gasteiger partial charge in [0.05, 0.1) is 13.2 Å². The molecule has 2 aromatic rings. The second-order valence-electron chi connectivity index (χ2n) is 4.37. The average molecular weight is 308 g/mol. The molecule has 0 saturated carbocycles. The maximum absolute atomic E-state index is 9.00. The number of hydrogen-bond acceptors (Lipinski definition) is 4. The topological polar surface area (TPSA) is 115 Å². The molecule has 0 atom stereocenters. The van der Waals surface area contributed by atoms with Crippen molar-refractivity contribution in [2.75, 3.05) is 0 Å². The lowest BCUT2D eigenvalue weighted by Crippen LogP contribution is -1.85. The lowest BCUT2D eigenvalue weighted by atomic mass is 10.0. The van der Waals surface area contributed by atoms with Crippen LogP contribution in [0.4, 0.5) is 0 Å². The molecule has 2 rings (SSSR count). The van der Waals surface area contributed by atoms with Crippen LogP contribution in [0.15, 0.2) is 36.4 Å². The van der Waals surface area contributed by atoms with Gasteiger partial charge in [0, 0.05) is 13.8 Å². The van der Waals surface area contributed by atoms with Crippen LogP contribution in [0, 0.1) is 0 Å². The zero-order chi connectivity index (χ0) is 17.1. The summed E-state index contributed by atoms with van der Waals surface area (Å²) in [5.41, 5.74) is 1.82. The van der Waals surface area contributed by atoms with Gasteiger partial charge >= 0.3 is 0 Å². The van der Waals surface area contributed by atoms with Crippen LogP contribution in [0.5, 0.6) is 0 Å². The molecule has 0 saturated heterocycles. The second kappa shape index (κ2) is 10.3. The molecule has 0 aliphatic rings. The molecule has 0 aliphatic heterocycles. The van der Waals surface area contributed by atoms with Crippen molar-refractivity contribution < 1.29 is 30.0 Å². The molecule has 0 radical (unpaired) electrons. The van der Waals surface area contributed by atoms with Gasteiger partial charge < -0.3 is 20.4 Å². The van der Waals surface area contributed by atoms with Crippen molar-refractivity contribution in [3.63, 3.8) is 0 Å². The third-order valence-corrected chi connectivity index (χ3v) is 2.33. The molecule has 0 heterocycles. The number of rotatable bonds is 2. The van der Waals surface area contributed by atoms with Crippen LogP contribution in [0.1, 0.15) is 25.0 Å². The van der Waals surface area contributed by atoms with Gasteiger partial charge in [-0.25, -0.2) is 0 Å². The summed E-state index contributed by atoms with van der Waals surface area (Å²) in [6, 6.07) is 11.6. The molecule has 0 fully saturated rings. The summed E-state index contributed by atoms with van der Waals surface area (Å²) < 4.78 is 0. The van der Waals surface area contributed by atoms with E-state index in [1.807, 2.05) is 36.4 Å². The van der Waals surface area contributed by atoms with Crippen LogP contribution in [-0.2, 0) is 22.8 Å². The molecule has 120 valence electrons. The third-order valence-electron chi connectivity index (χ3n) is 2.33. The summed E-state index contributed by atoms with van der Waals surface area (Å²) in [7, 11) is 0. The number of benzene rings is 2. The van der Waals surface area contributed by atoms with Gasteiger partial charge in [-0.2, -0.15) is 0 Å². The van der Waals surface area contributed by atoms with Crippen LogP contribution >= 0.6 is 0 Å². The van der Waals surface area contributed by atoms with Gasteiger partial charge in [-0.3, -0.25) is 9.59 Å². The number of aliphatic hydroxyl groups excluding tert-OH is 2. The molecule has 0 bridgehead atoms. The summed E-state index contributed by atoms with van der Waals surface area (Å²) in [6.45, 7) is 2.30. The van der Waals surface area contributed by atoms with E-state index in [4.69, 9.17) is 30.0 Å². The van der Waals surface area contributed by atoms with Crippen LogP contribution in [0.2, 0.25) is 0 Å². The van der Waals surface area contributed by atoms with Crippen LogP contribution in [-0.4, -0.2) is 32.4 Å². The highest BCUT2D eigenvalue weighted by Crippen LogP contribution is 2.18. The molecular formula is C16H20O6. The van der Waals surface area contributed by atoms with Crippen LogP contribution in [0.25, 0.3) is 10.8 Å². The molecule has 22 heavy (non-hydrogen) atoms. The van der Waals surface area contributed by atoms with Crippen molar-refractivity contribution in [3.8, 4) is 0 Å². The van der Waals surface area contributed by atoms with E-state index in [-0.39, 0.29) is 13.2 Å². The Bertz CT molecular complexity index is 558. The zero-order valence-corrected chi connectivity index (χ0v) is 12.5. The summed E-state index contributed by atoms with van der Waals surface area (Å²) in [4.78, 5) is 18.0. The maximum atomic E-state index is 9.00. The second-order valence-corrected chi connectivity index (χ2v) is 4.37. The third kappa shape index (κ3) is 8.68. The predicted molar refractivity (Wildman–Crippen MR) is 82.4 cm³/mol. The van der Waals surface area contributed by atoms with E-state index in [0.29, 0.717) is 0 Å². The van der Waals surface area contributed by atoms with E-state index in [2.05, 4.69) is 0 Å². The van der Waals surface area contributed by atoms with Crippen molar-refractivity contribution in [2.45, 2.75) is 27.1 Å². The number of carboxylic acid groups (broad SMARTS) is 2. The van der Waals surface area contributed by atoms with Crippen molar-refractivity contribution in [1.29, 1.82) is 0 Å². The highest BCUT2D eigenvalue weighted by molar-refractivity contribution is 5.83. The highest BCUT2D eigenvalue weighted by atomic mass is 16.4. The molecule has 4 N–H and O–H groups in total. The molecule has 6 heteroatoms. The SMILES string of the molecule is CC(=O)O.CC(=O)O.OCc1ccc2cc(CO)ccc2c1. The molecule has 6 nitrogen and oxygen atoms in total. The first-order valence-corrected chi connectivity index (χ1v) is 6.42. The molecule has 0 aromatic heterocycles. The molecule has 0 amide bonds. The monoisotopic (exact) mass is 308 g/mol. The minimum atomic E-state index is -0.833. The molecular weight excluding hydrogens is 288 g/mol. The average Bonchev–Trinajstić information content (AvgIpc) is 2.45. The summed E-state index contributed by atoms with van der Waals surface area (Å²) in [6.07, 6.45) is 0. The summed E-state index contributed by atoms with van der Waals surface area (Å²) in [5, 5.41) is 34.9. The zero-order valence-electron chi connectivity index (χ0n) is 12.5. The van der Waals surface area contributed by atoms with E-state index in [1.54, 1.807) is 0 Å². The molecule has 0 spiro atoms. The molecule has 0 aliphatic carbocycles. The Morgan fingerprint density at radius 2 is 1.05 bits per heavy atom. The number of carbonyl (C=O) groups is 2. The van der Waals surface area contributed by atoms with Crippen LogP contribution in [0.3, 0.4) is 0 Å². The normalized spacial score (nSPS) is 9.09. The first-order valence-electron chi connectivity index (χ1n) is 6.42. The van der Waals surface area contributed by atoms with Crippen molar-refractivity contribution in [3.05, 3.63) is 47.5 Å². The Kier molecular flexibility index (Phi) is 9.17. The molecule has 0 unspecified atom stereocenters. The first kappa shape index (κ1) is 19.6. The van der Waals surface area contributed by atoms with Gasteiger partial charge in [-0.1, -0.05) is 24.3 Å². The lowest BCUT2D eigenvalue weighted by Gasteiger charge is -2.02. The van der Waals surface area contributed by atoms with E-state index >= 15 is 0 Å². The van der Waals surface area contributed by atoms with E-state index in [9.17, 15) is 0 Å². The van der Waals surface area contributed by atoms with Gasteiger partial charge in [-0.15, -0.1) is 0 Å². The fraction of sp³-hybridized carbons (Fsp3) is 0.250. The summed E-state index contributed by atoms with van der Waals surface area (Å²) in [5.74, 6) is -1.67. The Labute approximate surface area is 128 Å². The number of aliphatic hydroxyl groups is 2. The van der Waals surface area contributed by atoms with Gasteiger partial charge in [0.2, 0.25) is 0 Å². The number of fused-ring (bicyclic) bond motifs is 1. The van der Waals surface area contributed by atoms with Gasteiger partial charge in [-0.05, 0) is 34.0 Å². The Balaban J connectivity index is 0.000000464. The van der Waals surface area contributed by atoms with E-state index in [1.165, 1.54) is 0 Å². The van der Waals surface area contributed by atoms with Crippen molar-refractivity contribution >= 4 is 22.7 Å². The number of aliphatic carboxylic acids is 2. The quantitative estimate of drug-likeness (QED) is 0.674. The highest BCUT2D eigenvalue weighted by Gasteiger charge is 1.97. The number of carboxylic acids is 2. The largest absolute Gasteiger partial charge is 0.481 e. The van der Waals surface area contributed by atoms with Crippen molar-refractivity contribution in [2.24, 2.45) is 0 Å². The Morgan fingerprint density at radius 3 is 1.27 bits per heavy atom. The Hall–Kier alpha value is -2.44. The van der Waals surface area contributed by atoms with Gasteiger partial charge in [0.25, 0.3) is 11.9 Å². The van der Waals surface area contributed by atoms with Gasteiger partial charge in [0.15, 0.2) is 0 Å². The summed E-state index contributed by atoms with van der Waals surface area (Å²) >= 11 is 0. The lowest BCUT2D eigenvalue weighted by molar-refractivity contribution is -0.135. The van der Waals surface area contributed by atoms with Crippen LogP contribution < -0.4 is 0 Å². The standard InChI is InChI=1S/C12H12O2.2C2H4O2/c13-7-9-1-3-11-6-10(8-14)2-4-12(11)5-9;2*1-2(3)4/h1-6,13-14H,7-8H2;2*1H3,(H,3,4). The van der Waals surface area contributed by atoms with Crippen molar-refractivity contribution in [1.82, 2.24) is 0 Å². The smallest absolute Gasteiger partial charge is 0.300 e. The number of hydrogen-bond donors (Lipinski definition) is 4. The Morgan fingerprint density at radius 1 is 0.773 bits per heavy atom. The minimum Gasteiger partial charge on any atom is -0.481 e. The molecule has 2 aromatic carbocycles. The van der Waals surface area contributed by atoms with E-state index in [0.717, 1.165) is 35.7 Å². The predicted octanol–water partition coefficient (Wildman–Crippen LogP) is 2.01. The maximum Gasteiger partial charge on any atom is 0.300 e. The first-order chi connectivity index (χ1) is 10.3. The van der Waals surface area contributed by atoms with Gasteiger partial charge in [0.1, 0.15) is 0 Å². The van der Waals surface area contributed by atoms with E-state index < -0.39 is 11.9 Å².